The van der Waals surface area contributed by atoms with Crippen molar-refractivity contribution in [1.29, 1.82) is 0 Å². The highest BCUT2D eigenvalue weighted by Crippen LogP contribution is 2.24. The molecule has 0 spiro atoms. The average Bonchev–Trinajstić information content (AvgIpc) is 2.93. The maximum atomic E-state index is 12.0. The van der Waals surface area contributed by atoms with E-state index in [0.29, 0.717) is 5.69 Å². The summed E-state index contributed by atoms with van der Waals surface area (Å²) in [5.41, 5.74) is 0.396. The van der Waals surface area contributed by atoms with Crippen LogP contribution in [0, 0.1) is 0 Å². The number of hydrogen-bond acceptors (Lipinski definition) is 3. The lowest BCUT2D eigenvalue weighted by Crippen LogP contribution is -2.18. The molecule has 1 N–H and O–H groups in total. The number of hydrogen-bond donors (Lipinski definition) is 1. The normalized spacial score (nSPS) is 12.7. The largest absolute Gasteiger partial charge is 0.573 e. The zero-order valence-electron chi connectivity index (χ0n) is 11.7. The molecular weight excluding hydrogens is 299 g/mol. The van der Waals surface area contributed by atoms with Crippen LogP contribution in [0.1, 0.15) is 19.4 Å². The van der Waals surface area contributed by atoms with Crippen molar-refractivity contribution in [2.24, 2.45) is 0 Å². The molecule has 0 unspecified atom stereocenters. The molecule has 0 fully saturated rings. The second kappa shape index (κ2) is 6.50. The number of amides is 1. The van der Waals surface area contributed by atoms with E-state index in [1.165, 1.54) is 12.1 Å². The second-order valence-electron chi connectivity index (χ2n) is 4.66. The van der Waals surface area contributed by atoms with Gasteiger partial charge in [0, 0.05) is 24.5 Å². The summed E-state index contributed by atoms with van der Waals surface area (Å²) in [6, 6.07) is 6.60. The Morgan fingerprint density at radius 3 is 2.59 bits per heavy atom. The van der Waals surface area contributed by atoms with Crippen molar-refractivity contribution in [3.63, 3.8) is 0 Å². The first-order chi connectivity index (χ1) is 10.3. The van der Waals surface area contributed by atoms with E-state index < -0.39 is 6.36 Å². The predicted octanol–water partition coefficient (Wildman–Crippen LogP) is 3.37. The molecule has 1 atom stereocenters. The van der Waals surface area contributed by atoms with E-state index in [1.54, 1.807) is 23.1 Å². The maximum Gasteiger partial charge on any atom is 0.573 e. The molecule has 1 amide bonds. The summed E-state index contributed by atoms with van der Waals surface area (Å²) in [5, 5.41) is 6.64. The van der Waals surface area contributed by atoms with Crippen LogP contribution in [0.25, 0.3) is 0 Å². The van der Waals surface area contributed by atoms with Gasteiger partial charge in [-0.1, -0.05) is 0 Å². The molecule has 5 nitrogen and oxygen atoms in total. The van der Waals surface area contributed by atoms with Gasteiger partial charge in [-0.05, 0) is 37.3 Å². The van der Waals surface area contributed by atoms with Crippen molar-refractivity contribution in [2.45, 2.75) is 25.7 Å². The molecule has 0 bridgehead atoms. The summed E-state index contributed by atoms with van der Waals surface area (Å²) in [4.78, 5) is 11.9. The van der Waals surface area contributed by atoms with Gasteiger partial charge in [-0.15, -0.1) is 13.2 Å². The van der Waals surface area contributed by atoms with Crippen LogP contribution in [0.4, 0.5) is 18.9 Å². The Bertz CT molecular complexity index is 609. The average molecular weight is 313 g/mol. The highest BCUT2D eigenvalue weighted by molar-refractivity contribution is 5.90. The quantitative estimate of drug-likeness (QED) is 0.921. The zero-order chi connectivity index (χ0) is 16.2. The number of carbonyl (C=O) groups excluding carboxylic acids is 1. The number of halogens is 3. The first-order valence-corrected chi connectivity index (χ1v) is 6.48. The molecule has 1 aromatic heterocycles. The van der Waals surface area contributed by atoms with Crippen molar-refractivity contribution in [1.82, 2.24) is 9.78 Å². The van der Waals surface area contributed by atoms with Crippen molar-refractivity contribution in [2.75, 3.05) is 5.32 Å². The highest BCUT2D eigenvalue weighted by Gasteiger charge is 2.30. The van der Waals surface area contributed by atoms with Crippen LogP contribution in [0.5, 0.6) is 5.75 Å². The number of carbonyl (C=O) groups is 1. The number of alkyl halides is 3. The van der Waals surface area contributed by atoms with Crippen LogP contribution in [0.2, 0.25) is 0 Å². The van der Waals surface area contributed by atoms with Gasteiger partial charge in [0.1, 0.15) is 5.75 Å². The first kappa shape index (κ1) is 15.9. The molecule has 0 radical (unpaired) electrons. The van der Waals surface area contributed by atoms with Crippen LogP contribution in [0.15, 0.2) is 42.7 Å². The van der Waals surface area contributed by atoms with Gasteiger partial charge >= 0.3 is 6.36 Å². The fourth-order valence-corrected chi connectivity index (χ4v) is 1.86. The molecular formula is C14H14F3N3O2. The van der Waals surface area contributed by atoms with Gasteiger partial charge < -0.3 is 10.1 Å². The first-order valence-electron chi connectivity index (χ1n) is 6.48. The third-order valence-corrected chi connectivity index (χ3v) is 2.83. The van der Waals surface area contributed by atoms with Crippen molar-refractivity contribution in [3.8, 4) is 5.75 Å². The van der Waals surface area contributed by atoms with E-state index in [1.807, 2.05) is 6.92 Å². The van der Waals surface area contributed by atoms with Crippen LogP contribution in [-0.2, 0) is 4.79 Å². The molecule has 22 heavy (non-hydrogen) atoms. The van der Waals surface area contributed by atoms with E-state index in [0.717, 1.165) is 12.1 Å². The third kappa shape index (κ3) is 4.80. The number of nitrogens with one attached hydrogen (secondary N) is 1. The van der Waals surface area contributed by atoms with Crippen LogP contribution in [0.3, 0.4) is 0 Å². The minimum absolute atomic E-state index is 0.122. The molecule has 0 aliphatic rings. The summed E-state index contributed by atoms with van der Waals surface area (Å²) in [7, 11) is 0. The Morgan fingerprint density at radius 2 is 2.05 bits per heavy atom. The van der Waals surface area contributed by atoms with Crippen molar-refractivity contribution in [3.05, 3.63) is 42.7 Å². The van der Waals surface area contributed by atoms with E-state index in [9.17, 15) is 18.0 Å². The van der Waals surface area contributed by atoms with Crippen molar-refractivity contribution < 1.29 is 22.7 Å². The van der Waals surface area contributed by atoms with E-state index in [2.05, 4.69) is 15.2 Å². The molecule has 0 aliphatic carbocycles. The third-order valence-electron chi connectivity index (χ3n) is 2.83. The Hall–Kier alpha value is -2.51. The zero-order valence-corrected chi connectivity index (χ0v) is 11.7. The molecule has 2 aromatic rings. The molecule has 2 rings (SSSR count). The highest BCUT2D eigenvalue weighted by atomic mass is 19.4. The number of anilines is 1. The lowest BCUT2D eigenvalue weighted by Gasteiger charge is -2.13. The Balaban J connectivity index is 1.89. The van der Waals surface area contributed by atoms with Gasteiger partial charge in [0.25, 0.3) is 0 Å². The van der Waals surface area contributed by atoms with Gasteiger partial charge in [0.2, 0.25) is 5.91 Å². The predicted molar refractivity (Wildman–Crippen MR) is 73.3 cm³/mol. The Labute approximate surface area is 124 Å². The number of ether oxygens (including phenoxy) is 1. The molecule has 0 aliphatic heterocycles. The van der Waals surface area contributed by atoms with Gasteiger partial charge in [0.15, 0.2) is 0 Å². The number of rotatable bonds is 5. The summed E-state index contributed by atoms with van der Waals surface area (Å²) < 4.78 is 41.5. The molecule has 0 saturated heterocycles. The minimum Gasteiger partial charge on any atom is -0.406 e. The molecule has 0 saturated carbocycles. The van der Waals surface area contributed by atoms with Gasteiger partial charge in [-0.3, -0.25) is 9.48 Å². The van der Waals surface area contributed by atoms with Crippen LogP contribution in [-0.4, -0.2) is 22.1 Å². The summed E-state index contributed by atoms with van der Waals surface area (Å²) in [5.74, 6) is -0.595. The number of nitrogens with zero attached hydrogens (tertiary/aromatic N) is 2. The SMILES string of the molecule is C[C@@H](CC(=O)Nc1ccc(OC(F)(F)F)cc1)n1cccn1. The van der Waals surface area contributed by atoms with E-state index in [-0.39, 0.29) is 24.1 Å². The minimum atomic E-state index is -4.73. The molecule has 8 heteroatoms. The Morgan fingerprint density at radius 1 is 1.36 bits per heavy atom. The van der Waals surface area contributed by atoms with E-state index in [4.69, 9.17) is 0 Å². The van der Waals surface area contributed by atoms with Gasteiger partial charge in [-0.2, -0.15) is 5.10 Å². The summed E-state index contributed by atoms with van der Waals surface area (Å²) >= 11 is 0. The lowest BCUT2D eigenvalue weighted by molar-refractivity contribution is -0.274. The topological polar surface area (TPSA) is 56.1 Å². The number of aromatic nitrogens is 2. The monoisotopic (exact) mass is 313 g/mol. The molecule has 118 valence electrons. The van der Waals surface area contributed by atoms with Crippen molar-refractivity contribution >= 4 is 11.6 Å². The molecule has 1 heterocycles. The van der Waals surface area contributed by atoms with Crippen LogP contribution >= 0.6 is 0 Å². The standard InChI is InChI=1S/C14H14F3N3O2/c1-10(20-8-2-7-18-20)9-13(21)19-11-3-5-12(6-4-11)22-14(15,16)17/h2-8,10H,9H2,1H3,(H,19,21)/t10-/m0/s1. The summed E-state index contributed by atoms with van der Waals surface area (Å²) in [6.45, 7) is 1.84. The smallest absolute Gasteiger partial charge is 0.406 e. The summed E-state index contributed by atoms with van der Waals surface area (Å²) in [6.07, 6.45) is -1.17. The van der Waals surface area contributed by atoms with Gasteiger partial charge in [0.05, 0.1) is 6.04 Å². The van der Waals surface area contributed by atoms with Crippen LogP contribution < -0.4 is 10.1 Å². The second-order valence-corrected chi connectivity index (χ2v) is 4.66. The lowest BCUT2D eigenvalue weighted by atomic mass is 10.2. The van der Waals surface area contributed by atoms with E-state index >= 15 is 0 Å². The van der Waals surface area contributed by atoms with Gasteiger partial charge in [-0.25, -0.2) is 0 Å². The fourth-order valence-electron chi connectivity index (χ4n) is 1.86. The maximum absolute atomic E-state index is 12.0. The molecule has 1 aromatic carbocycles. The number of benzene rings is 1. The fraction of sp³-hybridized carbons (Fsp3) is 0.286. The Kier molecular flexibility index (Phi) is 4.69.